The fraction of sp³-hybridized carbons (Fsp3) is 0. The molecule has 2 heterocycles. The smallest absolute Gasteiger partial charge is 0.258 e. The first-order chi connectivity index (χ1) is 8.18. The largest absolute Gasteiger partial charge is 0.349 e. The highest BCUT2D eigenvalue weighted by molar-refractivity contribution is 8.12. The van der Waals surface area contributed by atoms with Crippen molar-refractivity contribution < 1.29 is 4.79 Å². The number of hydrogen-bond donors (Lipinski definition) is 1. The van der Waals surface area contributed by atoms with Gasteiger partial charge in [-0.2, -0.15) is 0 Å². The Labute approximate surface area is 109 Å². The van der Waals surface area contributed by atoms with Gasteiger partial charge in [0, 0.05) is 0 Å². The molecular weight excluding hydrogens is 273 g/mol. The summed E-state index contributed by atoms with van der Waals surface area (Å²) in [5, 5.41) is 4.97. The molecule has 0 N–H and O–H groups in total. The molecule has 84 valence electrons. The zero-order valence-electron chi connectivity index (χ0n) is 8.52. The Morgan fingerprint density at radius 1 is 1.35 bits per heavy atom. The summed E-state index contributed by atoms with van der Waals surface area (Å²) in [6, 6.07) is 9.71. The van der Waals surface area contributed by atoms with Crippen LogP contribution in [-0.4, -0.2) is 15.0 Å². The van der Waals surface area contributed by atoms with Gasteiger partial charge in [0.15, 0.2) is 11.8 Å². The van der Waals surface area contributed by atoms with Crippen molar-refractivity contribution in [2.45, 2.75) is 0 Å². The fourth-order valence-corrected chi connectivity index (χ4v) is 4.13. The van der Waals surface area contributed by atoms with Gasteiger partial charge in [0.05, 0.1) is 11.9 Å². The number of rotatable bonds is 1. The SMILES string of the molecule is O=C(S)N1c2nn(-c3ccccc3)cc2[P+]1=S. The third-order valence-corrected chi connectivity index (χ3v) is 5.37. The van der Waals surface area contributed by atoms with Gasteiger partial charge in [0.1, 0.15) is 0 Å². The second-order valence-corrected chi connectivity index (χ2v) is 6.33. The van der Waals surface area contributed by atoms with Crippen LogP contribution in [0.25, 0.3) is 5.69 Å². The van der Waals surface area contributed by atoms with E-state index in [1.807, 2.05) is 36.5 Å². The van der Waals surface area contributed by atoms with E-state index in [0.717, 1.165) is 11.0 Å². The van der Waals surface area contributed by atoms with Crippen molar-refractivity contribution in [3.8, 4) is 5.69 Å². The summed E-state index contributed by atoms with van der Waals surface area (Å²) in [5.74, 6) is 0.634. The van der Waals surface area contributed by atoms with Crippen molar-refractivity contribution in [2.75, 3.05) is 4.67 Å². The van der Waals surface area contributed by atoms with Crippen LogP contribution in [0, 0.1) is 0 Å². The van der Waals surface area contributed by atoms with Crippen LogP contribution in [0.3, 0.4) is 0 Å². The summed E-state index contributed by atoms with van der Waals surface area (Å²) >= 11 is 9.04. The van der Waals surface area contributed by atoms with Gasteiger partial charge in [-0.25, -0.2) is 4.68 Å². The molecule has 0 radical (unpaired) electrons. The Morgan fingerprint density at radius 3 is 2.71 bits per heavy atom. The van der Waals surface area contributed by atoms with Crippen LogP contribution in [-0.2, 0) is 11.8 Å². The Kier molecular flexibility index (Phi) is 2.50. The van der Waals surface area contributed by atoms with E-state index in [4.69, 9.17) is 11.8 Å². The quantitative estimate of drug-likeness (QED) is 0.643. The zero-order chi connectivity index (χ0) is 12.0. The standard InChI is InChI=1S/C10H6N3OPS2/c14-10(16)13-9-8(15(13)17)6-12(11-9)7-4-2-1-3-5-7/h1-6H/p+1. The Bertz CT molecular complexity index is 626. The van der Waals surface area contributed by atoms with Gasteiger partial charge in [-0.05, 0) is 12.1 Å². The maximum absolute atomic E-state index is 11.2. The predicted octanol–water partition coefficient (Wildman–Crippen LogP) is 2.23. The average Bonchev–Trinajstić information content (AvgIpc) is 2.69. The fourth-order valence-electron chi connectivity index (χ4n) is 1.67. The zero-order valence-corrected chi connectivity index (χ0v) is 11.1. The number of fused-ring (bicyclic) bond motifs is 1. The molecule has 1 amide bonds. The highest BCUT2D eigenvalue weighted by Gasteiger charge is 2.50. The number of carbonyl (C=O) groups excluding carboxylic acids is 1. The highest BCUT2D eigenvalue weighted by Crippen LogP contribution is 2.44. The molecule has 0 spiro atoms. The summed E-state index contributed by atoms with van der Waals surface area (Å²) in [5.41, 5.74) is 0.951. The Hall–Kier alpha value is -1.23. The third-order valence-electron chi connectivity index (χ3n) is 2.47. The van der Waals surface area contributed by atoms with E-state index in [1.54, 1.807) is 4.68 Å². The molecule has 0 saturated carbocycles. The number of carbonyl (C=O) groups is 1. The van der Waals surface area contributed by atoms with Crippen molar-refractivity contribution in [3.05, 3.63) is 36.5 Å². The van der Waals surface area contributed by atoms with Crippen molar-refractivity contribution in [1.82, 2.24) is 9.78 Å². The Balaban J connectivity index is 2.06. The van der Waals surface area contributed by atoms with Crippen LogP contribution in [0.5, 0.6) is 0 Å². The van der Waals surface area contributed by atoms with Crippen molar-refractivity contribution in [1.29, 1.82) is 0 Å². The molecule has 1 aromatic heterocycles. The minimum atomic E-state index is -0.999. The highest BCUT2D eigenvalue weighted by atomic mass is 32.4. The molecule has 0 saturated heterocycles. The topological polar surface area (TPSA) is 38.1 Å². The van der Waals surface area contributed by atoms with E-state index in [0.29, 0.717) is 5.82 Å². The number of aromatic nitrogens is 2. The maximum atomic E-state index is 11.2. The number of amides is 1. The second-order valence-electron chi connectivity index (χ2n) is 3.49. The summed E-state index contributed by atoms with van der Waals surface area (Å²) in [6.07, 6.45) is 1.89. The molecule has 0 aliphatic carbocycles. The van der Waals surface area contributed by atoms with Gasteiger partial charge in [0.2, 0.25) is 0 Å². The lowest BCUT2D eigenvalue weighted by molar-refractivity contribution is 0.268. The van der Waals surface area contributed by atoms with E-state index < -0.39 is 6.85 Å². The number of anilines is 1. The number of thiol groups is 1. The normalized spacial score (nSPS) is 15.4. The van der Waals surface area contributed by atoms with Crippen LogP contribution in [0.2, 0.25) is 0 Å². The van der Waals surface area contributed by atoms with Crippen LogP contribution >= 0.6 is 19.5 Å². The van der Waals surface area contributed by atoms with Gasteiger partial charge in [-0.1, -0.05) is 35.5 Å². The number of nitrogens with zero attached hydrogens (tertiary/aromatic N) is 3. The number of para-hydroxylation sites is 1. The Morgan fingerprint density at radius 2 is 2.06 bits per heavy atom. The van der Waals surface area contributed by atoms with Crippen LogP contribution < -0.4 is 9.97 Å². The average molecular weight is 280 g/mol. The molecule has 0 bridgehead atoms. The molecule has 1 atom stereocenters. The van der Waals surface area contributed by atoms with Gasteiger partial charge in [0.25, 0.3) is 11.1 Å². The molecule has 2 aromatic rings. The van der Waals surface area contributed by atoms with Crippen molar-refractivity contribution >= 4 is 47.6 Å². The summed E-state index contributed by atoms with van der Waals surface area (Å²) < 4.78 is 3.20. The predicted molar refractivity (Wildman–Crippen MR) is 74.3 cm³/mol. The minimum absolute atomic E-state index is 0.336. The molecule has 3 rings (SSSR count). The first-order valence-corrected chi connectivity index (χ1v) is 7.59. The number of hydrogen-bond acceptors (Lipinski definition) is 3. The van der Waals surface area contributed by atoms with Crippen LogP contribution in [0.15, 0.2) is 36.5 Å². The monoisotopic (exact) mass is 280 g/mol. The lowest BCUT2D eigenvalue weighted by Crippen LogP contribution is -2.33. The minimum Gasteiger partial charge on any atom is -0.258 e. The van der Waals surface area contributed by atoms with Crippen molar-refractivity contribution in [2.24, 2.45) is 0 Å². The lowest BCUT2D eigenvalue weighted by atomic mass is 10.3. The summed E-state index contributed by atoms with van der Waals surface area (Å²) in [6.45, 7) is -0.999. The molecule has 7 heteroatoms. The first kappa shape index (κ1) is 10.9. The van der Waals surface area contributed by atoms with Crippen LogP contribution in [0.1, 0.15) is 0 Å². The summed E-state index contributed by atoms with van der Waals surface area (Å²) in [7, 11) is 0. The second kappa shape index (κ2) is 3.91. The molecular formula is C10H7N3OPS2+. The van der Waals surface area contributed by atoms with E-state index in [-0.39, 0.29) is 5.24 Å². The molecule has 17 heavy (non-hydrogen) atoms. The van der Waals surface area contributed by atoms with E-state index in [2.05, 4.69) is 17.7 Å². The van der Waals surface area contributed by atoms with Gasteiger partial charge < -0.3 is 0 Å². The third kappa shape index (κ3) is 1.60. The van der Waals surface area contributed by atoms with Crippen LogP contribution in [0.4, 0.5) is 10.6 Å². The molecule has 1 aliphatic heterocycles. The molecule has 1 aromatic carbocycles. The van der Waals surface area contributed by atoms with Crippen molar-refractivity contribution in [3.63, 3.8) is 0 Å². The molecule has 1 aliphatic rings. The lowest BCUT2D eigenvalue weighted by Gasteiger charge is -2.13. The summed E-state index contributed by atoms with van der Waals surface area (Å²) in [4.78, 5) is 11.2. The van der Waals surface area contributed by atoms with E-state index >= 15 is 0 Å². The molecule has 1 unspecified atom stereocenters. The molecule has 4 nitrogen and oxygen atoms in total. The van der Waals surface area contributed by atoms with Gasteiger partial charge in [-0.3, -0.25) is 4.79 Å². The maximum Gasteiger partial charge on any atom is 0.349 e. The van der Waals surface area contributed by atoms with E-state index in [9.17, 15) is 4.79 Å². The number of benzene rings is 1. The first-order valence-electron chi connectivity index (χ1n) is 4.84. The van der Waals surface area contributed by atoms with Gasteiger partial charge in [-0.15, -0.1) is 5.10 Å². The molecule has 0 fully saturated rings. The van der Waals surface area contributed by atoms with Gasteiger partial charge >= 0.3 is 12.1 Å². The van der Waals surface area contributed by atoms with E-state index in [1.165, 1.54) is 4.67 Å².